The van der Waals surface area contributed by atoms with Crippen molar-refractivity contribution in [3.63, 3.8) is 0 Å². The largest absolute Gasteiger partial charge is 0.366 e. The van der Waals surface area contributed by atoms with Crippen molar-refractivity contribution in [1.82, 2.24) is 14.6 Å². The van der Waals surface area contributed by atoms with Crippen LogP contribution in [-0.4, -0.2) is 45.5 Å². The second kappa shape index (κ2) is 5.24. The van der Waals surface area contributed by atoms with Crippen molar-refractivity contribution < 1.29 is 8.42 Å². The summed E-state index contributed by atoms with van der Waals surface area (Å²) in [6.07, 6.45) is 2.57. The summed E-state index contributed by atoms with van der Waals surface area (Å²) in [5.74, 6) is 0. The summed E-state index contributed by atoms with van der Waals surface area (Å²) in [5, 5.41) is 0. The Bertz CT molecular complexity index is 493. The van der Waals surface area contributed by atoms with Crippen LogP contribution < -0.4 is 10.2 Å². The molecule has 6 nitrogen and oxygen atoms in total. The minimum Gasteiger partial charge on any atom is -0.366 e. The van der Waals surface area contributed by atoms with Crippen LogP contribution in [0.4, 0.5) is 0 Å². The van der Waals surface area contributed by atoms with Gasteiger partial charge in [0.05, 0.1) is 0 Å². The van der Waals surface area contributed by atoms with E-state index in [0.29, 0.717) is 6.54 Å². The molecule has 90 valence electrons. The third-order valence-electron chi connectivity index (χ3n) is 1.93. The second-order valence-electron chi connectivity index (χ2n) is 3.57. The molecule has 1 rings (SSSR count). The van der Waals surface area contributed by atoms with Gasteiger partial charge in [-0.2, -0.15) is 0 Å². The summed E-state index contributed by atoms with van der Waals surface area (Å²) in [6, 6.07) is 1.18. The molecule has 0 atom stereocenters. The number of aromatic nitrogens is 1. The standard InChI is InChI=1S/C9H15N3O3S/c1-12(2)6-5-11-16(14,15)9-7-10-4-3-8(9)13/h3-4,7,11H,5-6H2,1-2H3,(H,10,13). The number of pyridine rings is 1. The van der Waals surface area contributed by atoms with Gasteiger partial charge in [-0.3, -0.25) is 4.79 Å². The molecule has 1 aromatic heterocycles. The Morgan fingerprint density at radius 3 is 2.69 bits per heavy atom. The molecule has 0 saturated carbocycles. The molecular weight excluding hydrogens is 230 g/mol. The summed E-state index contributed by atoms with van der Waals surface area (Å²) < 4.78 is 25.7. The molecule has 0 aliphatic heterocycles. The predicted octanol–water partition coefficient (Wildman–Crippen LogP) is -0.785. The lowest BCUT2D eigenvalue weighted by Crippen LogP contribution is -2.33. The molecule has 2 N–H and O–H groups in total. The Labute approximate surface area is 94.3 Å². The van der Waals surface area contributed by atoms with E-state index in [2.05, 4.69) is 9.71 Å². The van der Waals surface area contributed by atoms with Crippen molar-refractivity contribution in [2.45, 2.75) is 4.90 Å². The first-order valence-corrected chi connectivity index (χ1v) is 6.23. The molecule has 0 aliphatic carbocycles. The minimum atomic E-state index is -3.71. The summed E-state index contributed by atoms with van der Waals surface area (Å²) in [5.41, 5.74) is -0.517. The van der Waals surface area contributed by atoms with Crippen LogP contribution in [0.3, 0.4) is 0 Å². The monoisotopic (exact) mass is 245 g/mol. The van der Waals surface area contributed by atoms with E-state index in [1.165, 1.54) is 18.5 Å². The first kappa shape index (κ1) is 12.9. The zero-order chi connectivity index (χ0) is 12.2. The highest BCUT2D eigenvalue weighted by molar-refractivity contribution is 7.89. The van der Waals surface area contributed by atoms with Crippen LogP contribution in [0.5, 0.6) is 0 Å². The highest BCUT2D eigenvalue weighted by Crippen LogP contribution is 1.98. The van der Waals surface area contributed by atoms with E-state index in [1.54, 1.807) is 0 Å². The van der Waals surface area contributed by atoms with Gasteiger partial charge in [0.25, 0.3) is 0 Å². The fourth-order valence-corrected chi connectivity index (χ4v) is 2.16. The molecule has 16 heavy (non-hydrogen) atoms. The van der Waals surface area contributed by atoms with Gasteiger partial charge < -0.3 is 9.88 Å². The smallest absolute Gasteiger partial charge is 0.245 e. The molecular formula is C9H15N3O3S. The maximum absolute atomic E-state index is 11.7. The van der Waals surface area contributed by atoms with Crippen molar-refractivity contribution in [3.05, 3.63) is 28.7 Å². The molecule has 1 heterocycles. The first-order valence-electron chi connectivity index (χ1n) is 4.75. The summed E-state index contributed by atoms with van der Waals surface area (Å²) in [4.78, 5) is 15.5. The van der Waals surface area contributed by atoms with Gasteiger partial charge in [-0.05, 0) is 14.1 Å². The molecule has 1 aromatic rings. The van der Waals surface area contributed by atoms with Crippen LogP contribution in [0.25, 0.3) is 0 Å². The third-order valence-corrected chi connectivity index (χ3v) is 3.41. The van der Waals surface area contributed by atoms with Gasteiger partial charge >= 0.3 is 0 Å². The highest BCUT2D eigenvalue weighted by atomic mass is 32.2. The Kier molecular flexibility index (Phi) is 4.22. The first-order chi connectivity index (χ1) is 7.43. The van der Waals surface area contributed by atoms with E-state index in [9.17, 15) is 13.2 Å². The van der Waals surface area contributed by atoms with Crippen LogP contribution >= 0.6 is 0 Å². The van der Waals surface area contributed by atoms with Gasteiger partial charge in [0, 0.05) is 31.5 Å². The number of hydrogen-bond acceptors (Lipinski definition) is 4. The summed E-state index contributed by atoms with van der Waals surface area (Å²) >= 11 is 0. The quantitative estimate of drug-likeness (QED) is 0.712. The number of aromatic amines is 1. The topological polar surface area (TPSA) is 82.3 Å². The molecule has 0 aliphatic rings. The van der Waals surface area contributed by atoms with Crippen LogP contribution in [0.15, 0.2) is 28.2 Å². The fourth-order valence-electron chi connectivity index (χ4n) is 1.09. The molecule has 0 saturated heterocycles. The van der Waals surface area contributed by atoms with E-state index in [0.717, 1.165) is 0 Å². The SMILES string of the molecule is CN(C)CCNS(=O)(=O)c1c[nH]ccc1=O. The molecule has 0 amide bonds. The van der Waals surface area contributed by atoms with Crippen molar-refractivity contribution in [2.75, 3.05) is 27.2 Å². The average molecular weight is 245 g/mol. The molecule has 0 unspecified atom stereocenters. The number of likely N-dealkylation sites (N-methyl/N-ethyl adjacent to an activating group) is 1. The van der Waals surface area contributed by atoms with Crippen molar-refractivity contribution in [2.24, 2.45) is 0 Å². The van der Waals surface area contributed by atoms with Gasteiger partial charge in [0.15, 0.2) is 0 Å². The summed E-state index contributed by atoms with van der Waals surface area (Å²) in [6.45, 7) is 0.841. The molecule has 0 bridgehead atoms. The number of nitrogens with one attached hydrogen (secondary N) is 2. The highest BCUT2D eigenvalue weighted by Gasteiger charge is 2.16. The van der Waals surface area contributed by atoms with Crippen LogP contribution in [0.2, 0.25) is 0 Å². The normalized spacial score (nSPS) is 11.9. The lowest BCUT2D eigenvalue weighted by Gasteiger charge is -2.10. The number of nitrogens with zero attached hydrogens (tertiary/aromatic N) is 1. The molecule has 0 aromatic carbocycles. The average Bonchev–Trinajstić information content (AvgIpc) is 2.17. The molecule has 7 heteroatoms. The number of H-pyrrole nitrogens is 1. The lowest BCUT2D eigenvalue weighted by atomic mass is 10.5. The fraction of sp³-hybridized carbons (Fsp3) is 0.444. The van der Waals surface area contributed by atoms with E-state index in [-0.39, 0.29) is 11.4 Å². The van der Waals surface area contributed by atoms with Crippen LogP contribution in [-0.2, 0) is 10.0 Å². The Balaban J connectivity index is 2.80. The number of sulfonamides is 1. The Morgan fingerprint density at radius 1 is 1.44 bits per heavy atom. The van der Waals surface area contributed by atoms with Gasteiger partial charge in [-0.25, -0.2) is 13.1 Å². The third kappa shape index (κ3) is 3.44. The Hall–Kier alpha value is -1.18. The van der Waals surface area contributed by atoms with E-state index in [1.807, 2.05) is 19.0 Å². The predicted molar refractivity (Wildman–Crippen MR) is 60.8 cm³/mol. The van der Waals surface area contributed by atoms with Gasteiger partial charge in [0.2, 0.25) is 15.5 Å². The maximum atomic E-state index is 11.7. The zero-order valence-electron chi connectivity index (χ0n) is 9.23. The second-order valence-corrected chi connectivity index (χ2v) is 5.31. The lowest BCUT2D eigenvalue weighted by molar-refractivity contribution is 0.412. The summed E-state index contributed by atoms with van der Waals surface area (Å²) in [7, 11) is -0.0332. The number of hydrogen-bond donors (Lipinski definition) is 2. The number of rotatable bonds is 5. The van der Waals surface area contributed by atoms with Crippen molar-refractivity contribution in [3.8, 4) is 0 Å². The van der Waals surface area contributed by atoms with Gasteiger partial charge in [0.1, 0.15) is 4.90 Å². The van der Waals surface area contributed by atoms with E-state index >= 15 is 0 Å². The zero-order valence-corrected chi connectivity index (χ0v) is 10.0. The van der Waals surface area contributed by atoms with Crippen molar-refractivity contribution >= 4 is 10.0 Å². The van der Waals surface area contributed by atoms with Crippen molar-refractivity contribution in [1.29, 1.82) is 0 Å². The van der Waals surface area contributed by atoms with Gasteiger partial charge in [-0.15, -0.1) is 0 Å². The van der Waals surface area contributed by atoms with Crippen LogP contribution in [0.1, 0.15) is 0 Å². The van der Waals surface area contributed by atoms with E-state index < -0.39 is 15.5 Å². The van der Waals surface area contributed by atoms with Crippen LogP contribution in [0, 0.1) is 0 Å². The molecule has 0 radical (unpaired) electrons. The van der Waals surface area contributed by atoms with E-state index in [4.69, 9.17) is 0 Å². The minimum absolute atomic E-state index is 0.256. The Morgan fingerprint density at radius 2 is 2.12 bits per heavy atom. The van der Waals surface area contributed by atoms with Gasteiger partial charge in [-0.1, -0.05) is 0 Å². The maximum Gasteiger partial charge on any atom is 0.245 e. The molecule has 0 spiro atoms. The molecule has 0 fully saturated rings.